The van der Waals surface area contributed by atoms with Gasteiger partial charge in [0.25, 0.3) is 0 Å². The van der Waals surface area contributed by atoms with Gasteiger partial charge in [0, 0.05) is 0 Å². The lowest BCUT2D eigenvalue weighted by atomic mass is 9.85. The average molecular weight is 160 g/mol. The summed E-state index contributed by atoms with van der Waals surface area (Å²) in [4.78, 5) is 10.6. The number of hydrogen-bond donors (Lipinski definition) is 3. The van der Waals surface area contributed by atoms with Crippen LogP contribution in [0.3, 0.4) is 0 Å². The molecule has 0 bridgehead atoms. The van der Waals surface area contributed by atoms with Gasteiger partial charge < -0.3 is 15.3 Å². The Balaban J connectivity index is 2.88. The topological polar surface area (TPSA) is 77.8 Å². The van der Waals surface area contributed by atoms with Crippen molar-refractivity contribution in [2.45, 2.75) is 32.0 Å². The zero-order chi connectivity index (χ0) is 8.65. The maximum Gasteiger partial charge on any atom is 0.314 e. The van der Waals surface area contributed by atoms with Crippen LogP contribution in [0.25, 0.3) is 0 Å². The van der Waals surface area contributed by atoms with Crippen molar-refractivity contribution in [2.24, 2.45) is 5.41 Å². The minimum absolute atomic E-state index is 0.365. The third-order valence-corrected chi connectivity index (χ3v) is 2.56. The highest BCUT2D eigenvalue weighted by molar-refractivity contribution is 5.76. The third kappa shape index (κ3) is 1.02. The SMILES string of the molecule is CC1(C(=O)O)C(O)CCC1O. The summed E-state index contributed by atoms with van der Waals surface area (Å²) in [5, 5.41) is 27.2. The second-order valence-corrected chi connectivity index (χ2v) is 3.20. The van der Waals surface area contributed by atoms with Crippen molar-refractivity contribution in [1.82, 2.24) is 0 Å². The van der Waals surface area contributed by atoms with Crippen LogP contribution in [0, 0.1) is 5.41 Å². The summed E-state index contributed by atoms with van der Waals surface area (Å²) in [6.07, 6.45) is -1.11. The number of carboxylic acids is 1. The molecular formula is C7H12O4. The van der Waals surface area contributed by atoms with E-state index in [2.05, 4.69) is 0 Å². The predicted molar refractivity (Wildman–Crippen MR) is 37.0 cm³/mol. The van der Waals surface area contributed by atoms with Crippen LogP contribution < -0.4 is 0 Å². The van der Waals surface area contributed by atoms with Gasteiger partial charge in [-0.25, -0.2) is 0 Å². The Hall–Kier alpha value is -0.610. The van der Waals surface area contributed by atoms with Gasteiger partial charge in [0.15, 0.2) is 0 Å². The van der Waals surface area contributed by atoms with Crippen molar-refractivity contribution in [3.8, 4) is 0 Å². The lowest BCUT2D eigenvalue weighted by Gasteiger charge is -2.25. The molecule has 0 heterocycles. The van der Waals surface area contributed by atoms with Crippen molar-refractivity contribution in [3.05, 3.63) is 0 Å². The summed E-state index contributed by atoms with van der Waals surface area (Å²) < 4.78 is 0. The summed E-state index contributed by atoms with van der Waals surface area (Å²) in [5.74, 6) is -1.13. The molecule has 0 aromatic heterocycles. The van der Waals surface area contributed by atoms with E-state index in [-0.39, 0.29) is 0 Å². The molecule has 0 saturated heterocycles. The van der Waals surface area contributed by atoms with Crippen LogP contribution in [0.4, 0.5) is 0 Å². The number of hydrogen-bond acceptors (Lipinski definition) is 3. The minimum atomic E-state index is -1.36. The van der Waals surface area contributed by atoms with E-state index in [1.165, 1.54) is 6.92 Å². The molecule has 2 unspecified atom stereocenters. The van der Waals surface area contributed by atoms with Crippen molar-refractivity contribution >= 4 is 5.97 Å². The van der Waals surface area contributed by atoms with Gasteiger partial charge >= 0.3 is 5.97 Å². The molecule has 0 aromatic rings. The molecule has 0 amide bonds. The second-order valence-electron chi connectivity index (χ2n) is 3.20. The maximum atomic E-state index is 10.6. The standard InChI is InChI=1S/C7H12O4/c1-7(6(10)11)4(8)2-3-5(7)9/h4-5,8-9H,2-3H2,1H3,(H,10,11). The van der Waals surface area contributed by atoms with Crippen LogP contribution in [-0.4, -0.2) is 33.5 Å². The van der Waals surface area contributed by atoms with Crippen LogP contribution in [0.2, 0.25) is 0 Å². The van der Waals surface area contributed by atoms with Gasteiger partial charge in [-0.3, -0.25) is 4.79 Å². The summed E-state index contributed by atoms with van der Waals surface area (Å²) in [6, 6.07) is 0. The van der Waals surface area contributed by atoms with Gasteiger partial charge in [-0.15, -0.1) is 0 Å². The Morgan fingerprint density at radius 3 is 1.91 bits per heavy atom. The van der Waals surface area contributed by atoms with E-state index in [0.717, 1.165) is 0 Å². The van der Waals surface area contributed by atoms with Gasteiger partial charge in [-0.05, 0) is 19.8 Å². The van der Waals surface area contributed by atoms with Crippen LogP contribution in [0.5, 0.6) is 0 Å². The van der Waals surface area contributed by atoms with Gasteiger partial charge in [0.05, 0.1) is 12.2 Å². The minimum Gasteiger partial charge on any atom is -0.481 e. The normalized spacial score (nSPS) is 44.3. The fourth-order valence-electron chi connectivity index (χ4n) is 1.42. The third-order valence-electron chi connectivity index (χ3n) is 2.56. The summed E-state index contributed by atoms with van der Waals surface area (Å²) >= 11 is 0. The van der Waals surface area contributed by atoms with Crippen molar-refractivity contribution in [1.29, 1.82) is 0 Å². The molecule has 0 radical (unpaired) electrons. The number of rotatable bonds is 1. The number of aliphatic hydroxyl groups excluding tert-OH is 2. The molecule has 3 N–H and O–H groups in total. The first-order valence-corrected chi connectivity index (χ1v) is 3.59. The van der Waals surface area contributed by atoms with Gasteiger partial charge in [0.2, 0.25) is 0 Å². The zero-order valence-electron chi connectivity index (χ0n) is 6.32. The van der Waals surface area contributed by atoms with E-state index in [1.807, 2.05) is 0 Å². The lowest BCUT2D eigenvalue weighted by molar-refractivity contribution is -0.159. The highest BCUT2D eigenvalue weighted by atomic mass is 16.4. The Morgan fingerprint density at radius 2 is 1.73 bits per heavy atom. The van der Waals surface area contributed by atoms with Crippen LogP contribution in [0.15, 0.2) is 0 Å². The first-order valence-electron chi connectivity index (χ1n) is 3.59. The first kappa shape index (κ1) is 8.49. The van der Waals surface area contributed by atoms with Crippen molar-refractivity contribution < 1.29 is 20.1 Å². The smallest absolute Gasteiger partial charge is 0.314 e. The number of carbonyl (C=O) groups is 1. The van der Waals surface area contributed by atoms with E-state index in [4.69, 9.17) is 5.11 Å². The first-order chi connectivity index (χ1) is 4.99. The van der Waals surface area contributed by atoms with Gasteiger partial charge in [-0.2, -0.15) is 0 Å². The van der Waals surface area contributed by atoms with Crippen molar-refractivity contribution in [2.75, 3.05) is 0 Å². The highest BCUT2D eigenvalue weighted by Crippen LogP contribution is 2.38. The average Bonchev–Trinajstić information content (AvgIpc) is 2.18. The molecule has 1 rings (SSSR count). The number of aliphatic hydroxyl groups is 2. The van der Waals surface area contributed by atoms with Crippen LogP contribution >= 0.6 is 0 Å². The van der Waals surface area contributed by atoms with Crippen molar-refractivity contribution in [3.63, 3.8) is 0 Å². The second kappa shape index (κ2) is 2.46. The zero-order valence-corrected chi connectivity index (χ0v) is 6.32. The van der Waals surface area contributed by atoms with E-state index in [1.54, 1.807) is 0 Å². The Kier molecular flexibility index (Phi) is 1.90. The maximum absolute atomic E-state index is 10.6. The fraction of sp³-hybridized carbons (Fsp3) is 0.857. The largest absolute Gasteiger partial charge is 0.481 e. The quantitative estimate of drug-likeness (QED) is 0.487. The number of carboxylic acid groups (broad SMARTS) is 1. The highest BCUT2D eigenvalue weighted by Gasteiger charge is 2.51. The molecule has 64 valence electrons. The predicted octanol–water partition coefficient (Wildman–Crippen LogP) is -0.407. The van der Waals surface area contributed by atoms with Crippen LogP contribution in [0.1, 0.15) is 19.8 Å². The Morgan fingerprint density at radius 1 is 1.36 bits per heavy atom. The van der Waals surface area contributed by atoms with Gasteiger partial charge in [0.1, 0.15) is 5.41 Å². The van der Waals surface area contributed by atoms with E-state index < -0.39 is 23.6 Å². The Bertz CT molecular complexity index is 167. The fourth-order valence-corrected chi connectivity index (χ4v) is 1.42. The van der Waals surface area contributed by atoms with E-state index >= 15 is 0 Å². The molecule has 0 aliphatic heterocycles. The molecule has 1 fully saturated rings. The monoisotopic (exact) mass is 160 g/mol. The molecule has 1 aliphatic carbocycles. The molecule has 4 nitrogen and oxygen atoms in total. The summed E-state index contributed by atoms with van der Waals surface area (Å²) in [5.41, 5.74) is -1.36. The number of aliphatic carboxylic acids is 1. The lowest BCUT2D eigenvalue weighted by Crippen LogP contribution is -2.43. The molecule has 1 saturated carbocycles. The summed E-state index contributed by atoms with van der Waals surface area (Å²) in [6.45, 7) is 1.37. The molecular weight excluding hydrogens is 148 g/mol. The molecule has 0 aromatic carbocycles. The van der Waals surface area contributed by atoms with Gasteiger partial charge in [-0.1, -0.05) is 0 Å². The van der Waals surface area contributed by atoms with Crippen LogP contribution in [-0.2, 0) is 4.79 Å². The molecule has 1 aliphatic rings. The molecule has 11 heavy (non-hydrogen) atoms. The van der Waals surface area contributed by atoms with E-state index in [9.17, 15) is 15.0 Å². The summed E-state index contributed by atoms with van der Waals surface area (Å²) in [7, 11) is 0. The molecule has 0 spiro atoms. The Labute approximate surface area is 64.5 Å². The molecule has 2 atom stereocenters. The van der Waals surface area contributed by atoms with E-state index in [0.29, 0.717) is 12.8 Å². The molecule has 4 heteroatoms.